The van der Waals surface area contributed by atoms with Gasteiger partial charge in [-0.15, -0.1) is 11.8 Å². The molecular formula is C17H16Cl2N2O5S2. The number of halogens is 2. The molecule has 1 atom stereocenters. The number of hydrogen-bond donors (Lipinski definition) is 0. The Bertz CT molecular complexity index is 996. The average molecular weight is 463 g/mol. The molecule has 3 rings (SSSR count). The number of hydrogen-bond acceptors (Lipinski definition) is 6. The van der Waals surface area contributed by atoms with Crippen LogP contribution in [0.4, 0.5) is 5.69 Å². The highest BCUT2D eigenvalue weighted by molar-refractivity contribution is 8.01. The summed E-state index contributed by atoms with van der Waals surface area (Å²) < 4.78 is 33.0. The lowest BCUT2D eigenvalue weighted by molar-refractivity contribution is -0.385. The highest BCUT2D eigenvalue weighted by Gasteiger charge is 2.37. The summed E-state index contributed by atoms with van der Waals surface area (Å²) in [5, 5.41) is 11.2. The second-order valence-corrected chi connectivity index (χ2v) is 10.1. The maximum absolute atomic E-state index is 13.0. The fourth-order valence-corrected chi connectivity index (χ4v) is 6.61. The first-order valence-electron chi connectivity index (χ1n) is 8.16. The van der Waals surface area contributed by atoms with E-state index in [0.29, 0.717) is 12.3 Å². The number of nitro groups is 1. The number of benzene rings is 2. The van der Waals surface area contributed by atoms with E-state index in [1.807, 2.05) is 0 Å². The summed E-state index contributed by atoms with van der Waals surface area (Å²) in [6.45, 7) is 2.01. The van der Waals surface area contributed by atoms with Gasteiger partial charge in [0.1, 0.15) is 12.0 Å². The lowest BCUT2D eigenvalue weighted by Gasteiger charge is -2.23. The van der Waals surface area contributed by atoms with Crippen LogP contribution >= 0.6 is 35.0 Å². The summed E-state index contributed by atoms with van der Waals surface area (Å²) in [5.74, 6) is 0.684. The highest BCUT2D eigenvalue weighted by atomic mass is 35.5. The molecule has 0 aromatic heterocycles. The van der Waals surface area contributed by atoms with Gasteiger partial charge in [-0.1, -0.05) is 29.3 Å². The van der Waals surface area contributed by atoms with E-state index in [4.69, 9.17) is 27.9 Å². The zero-order chi connectivity index (χ0) is 20.5. The van der Waals surface area contributed by atoms with Gasteiger partial charge in [0.2, 0.25) is 10.0 Å². The van der Waals surface area contributed by atoms with E-state index >= 15 is 0 Å². The standard InChI is InChI=1S/C17H16Cl2N2O5S2/c1-11-2-3-16(15(6-11)21(22)23)26-10-17-20(4-5-27-17)28(24,25)14-8-12(18)7-13(19)9-14/h2-3,6-9,17H,4-5,10H2,1H3/t17-/m1/s1. The lowest BCUT2D eigenvalue weighted by atomic mass is 10.2. The lowest BCUT2D eigenvalue weighted by Crippen LogP contribution is -2.38. The monoisotopic (exact) mass is 462 g/mol. The molecule has 2 aromatic rings. The molecule has 7 nitrogen and oxygen atoms in total. The SMILES string of the molecule is Cc1ccc(OC[C@H]2SCCN2S(=O)(=O)c2cc(Cl)cc(Cl)c2)c([N+](=O)[O-])c1. The molecule has 1 heterocycles. The molecule has 1 saturated heterocycles. The topological polar surface area (TPSA) is 89.8 Å². The molecule has 0 amide bonds. The summed E-state index contributed by atoms with van der Waals surface area (Å²) in [6, 6.07) is 8.77. The summed E-state index contributed by atoms with van der Waals surface area (Å²) in [4.78, 5) is 10.7. The van der Waals surface area contributed by atoms with E-state index < -0.39 is 20.3 Å². The van der Waals surface area contributed by atoms with Crippen LogP contribution in [0.3, 0.4) is 0 Å². The Morgan fingerprint density at radius 3 is 2.57 bits per heavy atom. The largest absolute Gasteiger partial charge is 0.484 e. The first-order valence-corrected chi connectivity index (χ1v) is 11.4. The van der Waals surface area contributed by atoms with Gasteiger partial charge in [-0.2, -0.15) is 4.31 Å². The highest BCUT2D eigenvalue weighted by Crippen LogP contribution is 2.34. The van der Waals surface area contributed by atoms with Crippen molar-refractivity contribution < 1.29 is 18.1 Å². The van der Waals surface area contributed by atoms with Crippen molar-refractivity contribution in [2.75, 3.05) is 18.9 Å². The van der Waals surface area contributed by atoms with Gasteiger partial charge >= 0.3 is 5.69 Å². The summed E-state index contributed by atoms with van der Waals surface area (Å²) in [5.41, 5.74) is 0.579. The maximum Gasteiger partial charge on any atom is 0.311 e. The Balaban J connectivity index is 1.81. The molecular weight excluding hydrogens is 447 g/mol. The normalized spacial score (nSPS) is 17.6. The maximum atomic E-state index is 13.0. The van der Waals surface area contributed by atoms with Crippen molar-refractivity contribution in [3.63, 3.8) is 0 Å². The van der Waals surface area contributed by atoms with Crippen molar-refractivity contribution >= 4 is 50.7 Å². The van der Waals surface area contributed by atoms with Crippen LogP contribution < -0.4 is 4.74 Å². The first-order chi connectivity index (χ1) is 13.2. The fraction of sp³-hybridized carbons (Fsp3) is 0.294. The van der Waals surface area contributed by atoms with E-state index in [0.717, 1.165) is 5.56 Å². The number of nitro benzene ring substituents is 1. The molecule has 0 unspecified atom stereocenters. The number of rotatable bonds is 6. The molecule has 150 valence electrons. The van der Waals surface area contributed by atoms with Crippen LogP contribution in [-0.4, -0.2) is 41.9 Å². The van der Waals surface area contributed by atoms with Gasteiger partial charge < -0.3 is 4.74 Å². The third-order valence-electron chi connectivity index (χ3n) is 4.08. The van der Waals surface area contributed by atoms with Gasteiger partial charge in [-0.25, -0.2) is 8.42 Å². The summed E-state index contributed by atoms with van der Waals surface area (Å²) >= 11 is 13.3. The number of nitrogens with zero attached hydrogens (tertiary/aromatic N) is 2. The number of aryl methyl sites for hydroxylation is 1. The van der Waals surface area contributed by atoms with E-state index in [1.165, 1.54) is 46.4 Å². The second kappa shape index (κ2) is 8.46. The van der Waals surface area contributed by atoms with E-state index in [9.17, 15) is 18.5 Å². The van der Waals surface area contributed by atoms with Crippen LogP contribution in [0.2, 0.25) is 10.0 Å². The molecule has 28 heavy (non-hydrogen) atoms. The first kappa shape index (κ1) is 21.2. The minimum Gasteiger partial charge on any atom is -0.484 e. The molecule has 0 aliphatic carbocycles. The van der Waals surface area contributed by atoms with Crippen LogP contribution in [0.5, 0.6) is 5.75 Å². The molecule has 0 radical (unpaired) electrons. The summed E-state index contributed by atoms with van der Waals surface area (Å²) in [6.07, 6.45) is 0. The van der Waals surface area contributed by atoms with Crippen molar-refractivity contribution in [3.05, 3.63) is 62.1 Å². The van der Waals surface area contributed by atoms with Gasteiger partial charge in [0, 0.05) is 28.4 Å². The Hall–Kier alpha value is -1.52. The smallest absolute Gasteiger partial charge is 0.311 e. The van der Waals surface area contributed by atoms with Crippen molar-refractivity contribution in [1.29, 1.82) is 0 Å². The molecule has 11 heteroatoms. The third kappa shape index (κ3) is 4.55. The molecule has 1 aliphatic rings. The predicted molar refractivity (Wildman–Crippen MR) is 110 cm³/mol. The van der Waals surface area contributed by atoms with Crippen LogP contribution in [0.15, 0.2) is 41.3 Å². The zero-order valence-electron chi connectivity index (χ0n) is 14.7. The molecule has 0 spiro atoms. The minimum atomic E-state index is -3.84. The van der Waals surface area contributed by atoms with Gasteiger partial charge in [0.15, 0.2) is 5.75 Å². The van der Waals surface area contributed by atoms with Crippen LogP contribution in [0, 0.1) is 17.0 Å². The molecule has 0 bridgehead atoms. The third-order valence-corrected chi connectivity index (χ3v) is 7.73. The van der Waals surface area contributed by atoms with Crippen molar-refractivity contribution in [2.45, 2.75) is 17.2 Å². The Labute approximate surface area is 176 Å². The zero-order valence-corrected chi connectivity index (χ0v) is 17.8. The number of ether oxygens (including phenoxy) is 1. The summed E-state index contributed by atoms with van der Waals surface area (Å²) in [7, 11) is -3.84. The van der Waals surface area contributed by atoms with Gasteiger partial charge in [0.25, 0.3) is 0 Å². The van der Waals surface area contributed by atoms with Crippen molar-refractivity contribution in [2.24, 2.45) is 0 Å². The second-order valence-electron chi connectivity index (χ2n) is 6.09. The molecule has 1 aliphatic heterocycles. The molecule has 0 N–H and O–H groups in total. The predicted octanol–water partition coefficient (Wildman–Crippen LogP) is 4.35. The average Bonchev–Trinajstić information content (AvgIpc) is 3.09. The van der Waals surface area contributed by atoms with Gasteiger partial charge in [0.05, 0.1) is 9.82 Å². The van der Waals surface area contributed by atoms with E-state index in [-0.39, 0.29) is 33.0 Å². The Morgan fingerprint density at radius 2 is 1.93 bits per heavy atom. The van der Waals surface area contributed by atoms with Gasteiger partial charge in [-0.3, -0.25) is 10.1 Å². The Kier molecular flexibility index (Phi) is 6.41. The van der Waals surface area contributed by atoms with Crippen molar-refractivity contribution in [1.82, 2.24) is 4.31 Å². The molecule has 2 aromatic carbocycles. The molecule has 1 fully saturated rings. The quantitative estimate of drug-likeness (QED) is 0.467. The number of thioether (sulfide) groups is 1. The van der Waals surface area contributed by atoms with E-state index in [2.05, 4.69) is 0 Å². The van der Waals surface area contributed by atoms with Crippen LogP contribution in [-0.2, 0) is 10.0 Å². The Morgan fingerprint density at radius 1 is 1.25 bits per heavy atom. The number of sulfonamides is 1. The van der Waals surface area contributed by atoms with Crippen LogP contribution in [0.25, 0.3) is 0 Å². The minimum absolute atomic E-state index is 0.00110. The van der Waals surface area contributed by atoms with Gasteiger partial charge in [-0.05, 0) is 36.8 Å². The van der Waals surface area contributed by atoms with Crippen molar-refractivity contribution in [3.8, 4) is 5.75 Å². The molecule has 0 saturated carbocycles. The van der Waals surface area contributed by atoms with Crippen LogP contribution in [0.1, 0.15) is 5.56 Å². The fourth-order valence-electron chi connectivity index (χ4n) is 2.78. The van der Waals surface area contributed by atoms with E-state index in [1.54, 1.807) is 13.0 Å².